The Bertz CT molecular complexity index is 317. The molecule has 0 aliphatic rings. The second kappa shape index (κ2) is 6.70. The van der Waals surface area contributed by atoms with E-state index < -0.39 is 0 Å². The molecule has 0 aliphatic carbocycles. The highest BCUT2D eigenvalue weighted by Crippen LogP contribution is 2.21. The monoisotopic (exact) mass is 219 g/mol. The summed E-state index contributed by atoms with van der Waals surface area (Å²) in [6.07, 6.45) is 3.65. The molecule has 1 atom stereocenters. The first-order chi connectivity index (χ1) is 7.69. The molecular formula is C15H25N. The van der Waals surface area contributed by atoms with Crippen molar-refractivity contribution in [3.8, 4) is 0 Å². The standard InChI is InChI=1S/C15H25N/c1-5-7-15(16-10-6-2)14-9-8-12(3)13(4)11-14/h8-9,11,15-16H,5-7,10H2,1-4H3. The van der Waals surface area contributed by atoms with E-state index in [0.29, 0.717) is 6.04 Å². The Labute approximate surface area is 100 Å². The molecule has 0 heterocycles. The highest BCUT2D eigenvalue weighted by molar-refractivity contribution is 5.31. The van der Waals surface area contributed by atoms with Gasteiger partial charge in [-0.05, 0) is 49.9 Å². The highest BCUT2D eigenvalue weighted by Gasteiger charge is 2.09. The molecular weight excluding hydrogens is 194 g/mol. The molecule has 0 radical (unpaired) electrons. The van der Waals surface area contributed by atoms with Crippen LogP contribution < -0.4 is 5.32 Å². The van der Waals surface area contributed by atoms with Crippen LogP contribution in [0, 0.1) is 13.8 Å². The van der Waals surface area contributed by atoms with Gasteiger partial charge in [-0.15, -0.1) is 0 Å². The summed E-state index contributed by atoms with van der Waals surface area (Å²) in [5.41, 5.74) is 4.23. The lowest BCUT2D eigenvalue weighted by Gasteiger charge is -2.19. The molecule has 0 aromatic heterocycles. The summed E-state index contributed by atoms with van der Waals surface area (Å²) >= 11 is 0. The van der Waals surface area contributed by atoms with Crippen molar-refractivity contribution in [3.63, 3.8) is 0 Å². The minimum absolute atomic E-state index is 0.532. The number of benzene rings is 1. The van der Waals surface area contributed by atoms with Crippen LogP contribution in [0.2, 0.25) is 0 Å². The van der Waals surface area contributed by atoms with E-state index in [4.69, 9.17) is 0 Å². The molecule has 0 spiro atoms. The van der Waals surface area contributed by atoms with Gasteiger partial charge < -0.3 is 5.32 Å². The molecule has 1 aromatic carbocycles. The Morgan fingerprint density at radius 2 is 1.81 bits per heavy atom. The summed E-state index contributed by atoms with van der Waals surface area (Å²) in [7, 11) is 0. The van der Waals surface area contributed by atoms with Crippen LogP contribution in [0.3, 0.4) is 0 Å². The lowest BCUT2D eigenvalue weighted by atomic mass is 9.98. The van der Waals surface area contributed by atoms with Crippen LogP contribution in [0.5, 0.6) is 0 Å². The minimum Gasteiger partial charge on any atom is -0.310 e. The summed E-state index contributed by atoms with van der Waals surface area (Å²) in [6, 6.07) is 7.37. The molecule has 1 rings (SSSR count). The lowest BCUT2D eigenvalue weighted by molar-refractivity contribution is 0.494. The highest BCUT2D eigenvalue weighted by atomic mass is 14.9. The summed E-state index contributed by atoms with van der Waals surface area (Å²) in [6.45, 7) is 9.95. The SMILES string of the molecule is CCCNC(CCC)c1ccc(C)c(C)c1. The van der Waals surface area contributed by atoms with Gasteiger partial charge in [-0.25, -0.2) is 0 Å². The maximum atomic E-state index is 3.63. The van der Waals surface area contributed by atoms with Crippen LogP contribution in [0.4, 0.5) is 0 Å². The fraction of sp³-hybridized carbons (Fsp3) is 0.600. The fourth-order valence-electron chi connectivity index (χ4n) is 1.98. The van der Waals surface area contributed by atoms with Crippen molar-refractivity contribution in [1.82, 2.24) is 5.32 Å². The Hall–Kier alpha value is -0.820. The van der Waals surface area contributed by atoms with Crippen molar-refractivity contribution < 1.29 is 0 Å². The van der Waals surface area contributed by atoms with Crippen LogP contribution >= 0.6 is 0 Å². The van der Waals surface area contributed by atoms with Crippen LogP contribution in [-0.4, -0.2) is 6.54 Å². The van der Waals surface area contributed by atoms with Gasteiger partial charge in [0.25, 0.3) is 0 Å². The average molecular weight is 219 g/mol. The maximum Gasteiger partial charge on any atom is 0.0320 e. The van der Waals surface area contributed by atoms with Gasteiger partial charge >= 0.3 is 0 Å². The van der Waals surface area contributed by atoms with Crippen molar-refractivity contribution in [2.75, 3.05) is 6.54 Å². The van der Waals surface area contributed by atoms with E-state index in [1.165, 1.54) is 36.0 Å². The molecule has 1 N–H and O–H groups in total. The Morgan fingerprint density at radius 1 is 1.06 bits per heavy atom. The van der Waals surface area contributed by atoms with Gasteiger partial charge in [0.1, 0.15) is 0 Å². The van der Waals surface area contributed by atoms with Gasteiger partial charge in [0.15, 0.2) is 0 Å². The van der Waals surface area contributed by atoms with Gasteiger partial charge in [0, 0.05) is 6.04 Å². The largest absolute Gasteiger partial charge is 0.310 e. The number of nitrogens with one attached hydrogen (secondary N) is 1. The molecule has 1 aromatic rings. The summed E-state index contributed by atoms with van der Waals surface area (Å²) in [4.78, 5) is 0. The van der Waals surface area contributed by atoms with Crippen LogP contribution in [-0.2, 0) is 0 Å². The molecule has 0 fully saturated rings. The summed E-state index contributed by atoms with van der Waals surface area (Å²) in [5, 5.41) is 3.63. The van der Waals surface area contributed by atoms with Crippen molar-refractivity contribution in [1.29, 1.82) is 0 Å². The van der Waals surface area contributed by atoms with E-state index in [9.17, 15) is 0 Å². The third kappa shape index (κ3) is 3.64. The first-order valence-corrected chi connectivity index (χ1v) is 6.49. The van der Waals surface area contributed by atoms with E-state index in [1.54, 1.807) is 0 Å². The summed E-state index contributed by atoms with van der Waals surface area (Å²) < 4.78 is 0. The lowest BCUT2D eigenvalue weighted by Crippen LogP contribution is -2.22. The predicted octanol–water partition coefficient (Wildman–Crippen LogP) is 4.14. The first kappa shape index (κ1) is 13.2. The molecule has 0 aliphatic heterocycles. The van der Waals surface area contributed by atoms with Gasteiger partial charge in [-0.1, -0.05) is 38.5 Å². The summed E-state index contributed by atoms with van der Waals surface area (Å²) in [5.74, 6) is 0. The van der Waals surface area contributed by atoms with E-state index in [-0.39, 0.29) is 0 Å². The maximum absolute atomic E-state index is 3.63. The zero-order chi connectivity index (χ0) is 12.0. The quantitative estimate of drug-likeness (QED) is 0.758. The Balaban J connectivity index is 2.78. The molecule has 1 unspecified atom stereocenters. The van der Waals surface area contributed by atoms with E-state index in [2.05, 4.69) is 51.2 Å². The third-order valence-corrected chi connectivity index (χ3v) is 3.15. The van der Waals surface area contributed by atoms with Crippen molar-refractivity contribution >= 4 is 0 Å². The Morgan fingerprint density at radius 3 is 2.38 bits per heavy atom. The normalized spacial score (nSPS) is 12.8. The Kier molecular flexibility index (Phi) is 5.54. The van der Waals surface area contributed by atoms with Crippen molar-refractivity contribution in [3.05, 3.63) is 34.9 Å². The first-order valence-electron chi connectivity index (χ1n) is 6.49. The molecule has 0 saturated carbocycles. The van der Waals surface area contributed by atoms with Crippen LogP contribution in [0.25, 0.3) is 0 Å². The number of aryl methyl sites for hydroxylation is 2. The molecule has 0 bridgehead atoms. The van der Waals surface area contributed by atoms with Crippen molar-refractivity contribution in [2.45, 2.75) is 53.0 Å². The average Bonchev–Trinajstić information content (AvgIpc) is 2.28. The fourth-order valence-corrected chi connectivity index (χ4v) is 1.98. The van der Waals surface area contributed by atoms with Crippen LogP contribution in [0.15, 0.2) is 18.2 Å². The zero-order valence-corrected chi connectivity index (χ0v) is 11.1. The second-order valence-corrected chi connectivity index (χ2v) is 4.64. The van der Waals surface area contributed by atoms with Gasteiger partial charge in [-0.3, -0.25) is 0 Å². The van der Waals surface area contributed by atoms with Gasteiger partial charge in [0.05, 0.1) is 0 Å². The van der Waals surface area contributed by atoms with E-state index in [1.807, 2.05) is 0 Å². The smallest absolute Gasteiger partial charge is 0.0320 e. The minimum atomic E-state index is 0.532. The molecule has 90 valence electrons. The number of rotatable bonds is 6. The van der Waals surface area contributed by atoms with Crippen LogP contribution in [0.1, 0.15) is 55.8 Å². The molecule has 1 heteroatoms. The van der Waals surface area contributed by atoms with E-state index >= 15 is 0 Å². The molecule has 0 amide bonds. The second-order valence-electron chi connectivity index (χ2n) is 4.64. The molecule has 0 saturated heterocycles. The molecule has 1 nitrogen and oxygen atoms in total. The van der Waals surface area contributed by atoms with E-state index in [0.717, 1.165) is 6.54 Å². The predicted molar refractivity (Wildman–Crippen MR) is 71.9 cm³/mol. The number of hydrogen-bond acceptors (Lipinski definition) is 1. The van der Waals surface area contributed by atoms with Crippen molar-refractivity contribution in [2.24, 2.45) is 0 Å². The third-order valence-electron chi connectivity index (χ3n) is 3.15. The van der Waals surface area contributed by atoms with Gasteiger partial charge in [0.2, 0.25) is 0 Å². The van der Waals surface area contributed by atoms with Gasteiger partial charge in [-0.2, -0.15) is 0 Å². The molecule has 16 heavy (non-hydrogen) atoms. The number of hydrogen-bond donors (Lipinski definition) is 1. The zero-order valence-electron chi connectivity index (χ0n) is 11.1. The topological polar surface area (TPSA) is 12.0 Å².